The van der Waals surface area contributed by atoms with Crippen LogP contribution in [0.15, 0.2) is 24.5 Å². The molecule has 0 amide bonds. The molecule has 1 aromatic carbocycles. The van der Waals surface area contributed by atoms with Gasteiger partial charge in [-0.2, -0.15) is 5.26 Å². The molecule has 2 aliphatic heterocycles. The number of halogens is 3. The molecule has 1 saturated carbocycles. The Morgan fingerprint density at radius 1 is 1.17 bits per heavy atom. The first kappa shape index (κ1) is 19.1. The second-order valence-corrected chi connectivity index (χ2v) is 8.37. The third-order valence-corrected chi connectivity index (χ3v) is 6.25. The van der Waals surface area contributed by atoms with Crippen molar-refractivity contribution in [2.75, 3.05) is 4.90 Å². The summed E-state index contributed by atoms with van der Waals surface area (Å²) in [5.74, 6) is -3.08. The third-order valence-electron chi connectivity index (χ3n) is 6.25. The number of nitriles is 1. The lowest BCUT2D eigenvalue weighted by molar-refractivity contribution is -0.0129. The predicted molar refractivity (Wildman–Crippen MR) is 103 cm³/mol. The number of anilines is 1. The normalized spacial score (nSPS) is 26.9. The Morgan fingerprint density at radius 2 is 1.97 bits per heavy atom. The first-order chi connectivity index (χ1) is 14.4. The minimum Gasteiger partial charge on any atom is -0.507 e. The zero-order valence-corrected chi connectivity index (χ0v) is 16.0. The van der Waals surface area contributed by atoms with Gasteiger partial charge in [0, 0.05) is 36.2 Å². The monoisotopic (exact) mass is 415 g/mol. The van der Waals surface area contributed by atoms with Crippen LogP contribution in [0.5, 0.6) is 5.75 Å². The van der Waals surface area contributed by atoms with E-state index < -0.39 is 17.8 Å². The molecule has 2 N–H and O–H groups in total. The summed E-state index contributed by atoms with van der Waals surface area (Å²) in [7, 11) is 0. The number of rotatable bonds is 4. The van der Waals surface area contributed by atoms with Crippen LogP contribution >= 0.6 is 0 Å². The van der Waals surface area contributed by atoms with Crippen molar-refractivity contribution in [1.82, 2.24) is 15.3 Å². The largest absolute Gasteiger partial charge is 0.507 e. The van der Waals surface area contributed by atoms with Crippen molar-refractivity contribution in [3.8, 4) is 23.1 Å². The SMILES string of the molecule is N#Cc1cc(O)c(-c2cnc(N(C3CC3)[C@@H]3CC4CC(F)(F)C(C3)N4)cn2)cc1F. The van der Waals surface area contributed by atoms with E-state index in [4.69, 9.17) is 5.26 Å². The molecule has 2 saturated heterocycles. The van der Waals surface area contributed by atoms with E-state index in [1.54, 1.807) is 12.3 Å². The summed E-state index contributed by atoms with van der Waals surface area (Å²) in [5.41, 5.74) is 0.161. The number of aromatic nitrogens is 2. The fourth-order valence-electron chi connectivity index (χ4n) is 4.72. The Morgan fingerprint density at radius 3 is 2.60 bits per heavy atom. The van der Waals surface area contributed by atoms with Gasteiger partial charge < -0.3 is 15.3 Å². The molecule has 2 unspecified atom stereocenters. The molecule has 1 aromatic heterocycles. The Balaban J connectivity index is 1.42. The number of benzene rings is 1. The van der Waals surface area contributed by atoms with E-state index in [1.165, 1.54) is 6.20 Å². The highest BCUT2D eigenvalue weighted by molar-refractivity contribution is 5.68. The number of phenolic OH excluding ortho intramolecular Hbond substituents is 1. The minimum atomic E-state index is -2.68. The van der Waals surface area contributed by atoms with Crippen molar-refractivity contribution >= 4 is 5.82 Å². The minimum absolute atomic E-state index is 0.0389. The second-order valence-electron chi connectivity index (χ2n) is 8.37. The summed E-state index contributed by atoms with van der Waals surface area (Å²) in [4.78, 5) is 10.9. The molecular weight excluding hydrogens is 395 g/mol. The number of alkyl halides is 2. The highest BCUT2D eigenvalue weighted by Crippen LogP contribution is 2.43. The van der Waals surface area contributed by atoms with E-state index >= 15 is 0 Å². The average Bonchev–Trinajstić information content (AvgIpc) is 3.51. The Labute approximate surface area is 171 Å². The van der Waals surface area contributed by atoms with E-state index in [-0.39, 0.29) is 47.1 Å². The quantitative estimate of drug-likeness (QED) is 0.797. The van der Waals surface area contributed by atoms with Crippen molar-refractivity contribution in [3.05, 3.63) is 35.9 Å². The highest BCUT2D eigenvalue weighted by atomic mass is 19.3. The Hall–Kier alpha value is -2.86. The molecule has 5 rings (SSSR count). The topological polar surface area (TPSA) is 85.1 Å². The maximum Gasteiger partial charge on any atom is 0.264 e. The van der Waals surface area contributed by atoms with Gasteiger partial charge in [0.2, 0.25) is 0 Å². The zero-order valence-electron chi connectivity index (χ0n) is 16.0. The maximum absolute atomic E-state index is 14.1. The van der Waals surface area contributed by atoms with Gasteiger partial charge >= 0.3 is 0 Å². The van der Waals surface area contributed by atoms with Crippen molar-refractivity contribution in [3.63, 3.8) is 0 Å². The van der Waals surface area contributed by atoms with Crippen LogP contribution in [-0.2, 0) is 0 Å². The molecule has 0 radical (unpaired) electrons. The van der Waals surface area contributed by atoms with E-state index in [9.17, 15) is 18.3 Å². The molecule has 30 heavy (non-hydrogen) atoms. The van der Waals surface area contributed by atoms with Crippen molar-refractivity contribution < 1.29 is 18.3 Å². The number of phenols is 1. The molecule has 3 fully saturated rings. The van der Waals surface area contributed by atoms with E-state index in [1.807, 2.05) is 0 Å². The standard InChI is InChI=1S/C21H20F3N5O/c22-16-6-15(18(30)3-11(16)8-25)17-9-27-20(10-26-17)29(13-1-2-13)14-4-12-7-21(23,24)19(5-14)28-12/h3,6,9-10,12-14,19,28,30H,1-2,4-5,7H2/t12?,14-,19?/m1/s1. The molecule has 0 spiro atoms. The van der Waals surface area contributed by atoms with E-state index in [2.05, 4.69) is 20.2 Å². The first-order valence-corrected chi connectivity index (χ1v) is 10.0. The van der Waals surface area contributed by atoms with Gasteiger partial charge in [-0.05, 0) is 31.7 Å². The number of fused-ring (bicyclic) bond motifs is 2. The van der Waals surface area contributed by atoms with Crippen LogP contribution in [-0.4, -0.2) is 45.2 Å². The number of hydrogen-bond acceptors (Lipinski definition) is 6. The van der Waals surface area contributed by atoms with Crippen LogP contribution in [0.2, 0.25) is 0 Å². The molecular formula is C21H20F3N5O. The molecule has 3 heterocycles. The lowest BCUT2D eigenvalue weighted by atomic mass is 9.97. The number of hydrogen-bond donors (Lipinski definition) is 2. The molecule has 156 valence electrons. The van der Waals surface area contributed by atoms with Gasteiger partial charge in [-0.15, -0.1) is 0 Å². The first-order valence-electron chi connectivity index (χ1n) is 10.0. The van der Waals surface area contributed by atoms with Gasteiger partial charge in [0.15, 0.2) is 0 Å². The molecule has 2 bridgehead atoms. The fourth-order valence-corrected chi connectivity index (χ4v) is 4.72. The van der Waals surface area contributed by atoms with E-state index in [0.29, 0.717) is 18.7 Å². The Bertz CT molecular complexity index is 1020. The average molecular weight is 415 g/mol. The summed E-state index contributed by atoms with van der Waals surface area (Å²) < 4.78 is 42.2. The lowest BCUT2D eigenvalue weighted by Gasteiger charge is -2.38. The number of aromatic hydroxyl groups is 1. The number of nitrogens with one attached hydrogen (secondary N) is 1. The van der Waals surface area contributed by atoms with Gasteiger partial charge in [0.25, 0.3) is 5.92 Å². The molecule has 3 atom stereocenters. The third kappa shape index (κ3) is 3.25. The summed E-state index contributed by atoms with van der Waals surface area (Å²) >= 11 is 0. The van der Waals surface area contributed by atoms with Crippen LogP contribution < -0.4 is 10.2 Å². The molecule has 2 aromatic rings. The van der Waals surface area contributed by atoms with Gasteiger partial charge in [-0.1, -0.05) is 0 Å². The molecule has 6 nitrogen and oxygen atoms in total. The summed E-state index contributed by atoms with van der Waals surface area (Å²) in [5, 5.41) is 22.0. The fraction of sp³-hybridized carbons (Fsp3) is 0.476. The van der Waals surface area contributed by atoms with Crippen molar-refractivity contribution in [1.29, 1.82) is 5.26 Å². The predicted octanol–water partition coefficient (Wildman–Crippen LogP) is 3.36. The van der Waals surface area contributed by atoms with Gasteiger partial charge in [0.05, 0.1) is 29.7 Å². The summed E-state index contributed by atoms with van der Waals surface area (Å²) in [6.45, 7) is 0. The van der Waals surface area contributed by atoms with Crippen LogP contribution in [0.3, 0.4) is 0 Å². The van der Waals surface area contributed by atoms with Crippen LogP contribution in [0.25, 0.3) is 11.3 Å². The molecule has 3 aliphatic rings. The highest BCUT2D eigenvalue weighted by Gasteiger charge is 2.54. The summed E-state index contributed by atoms with van der Waals surface area (Å²) in [6.07, 6.45) is 5.82. The van der Waals surface area contributed by atoms with Gasteiger partial charge in [-0.3, -0.25) is 4.98 Å². The van der Waals surface area contributed by atoms with Crippen molar-refractivity contribution in [2.24, 2.45) is 0 Å². The number of piperidine rings is 1. The smallest absolute Gasteiger partial charge is 0.264 e. The van der Waals surface area contributed by atoms with Gasteiger partial charge in [0.1, 0.15) is 23.5 Å². The Kier molecular flexibility index (Phi) is 4.36. The number of nitrogens with zero attached hydrogens (tertiary/aromatic N) is 4. The van der Waals surface area contributed by atoms with Crippen LogP contribution in [0.4, 0.5) is 19.0 Å². The van der Waals surface area contributed by atoms with Crippen LogP contribution in [0, 0.1) is 17.1 Å². The van der Waals surface area contributed by atoms with E-state index in [0.717, 1.165) is 25.0 Å². The summed E-state index contributed by atoms with van der Waals surface area (Å²) in [6, 6.07) is 3.01. The molecule has 9 heteroatoms. The lowest BCUT2D eigenvalue weighted by Crippen LogP contribution is -2.51. The van der Waals surface area contributed by atoms with Gasteiger partial charge in [-0.25, -0.2) is 18.2 Å². The van der Waals surface area contributed by atoms with Crippen molar-refractivity contribution in [2.45, 2.75) is 62.2 Å². The molecule has 1 aliphatic carbocycles. The second kappa shape index (κ2) is 6.84. The zero-order chi connectivity index (χ0) is 21.0. The maximum atomic E-state index is 14.1. The van der Waals surface area contributed by atoms with Crippen LogP contribution in [0.1, 0.15) is 37.7 Å².